The zero-order chi connectivity index (χ0) is 18.9. The fraction of sp³-hybridized carbons (Fsp3) is 0.318. The number of hydrogen-bond donors (Lipinski definition) is 0. The molecule has 0 radical (unpaired) electrons. The minimum atomic E-state index is -2.69. The maximum atomic E-state index is 14.0. The van der Waals surface area contributed by atoms with Gasteiger partial charge in [0.2, 0.25) is 0 Å². The summed E-state index contributed by atoms with van der Waals surface area (Å²) in [5.74, 6) is -2.69. The Kier molecular flexibility index (Phi) is 4.79. The summed E-state index contributed by atoms with van der Waals surface area (Å²) >= 11 is 0. The van der Waals surface area contributed by atoms with E-state index in [1.54, 1.807) is 12.1 Å². The summed E-state index contributed by atoms with van der Waals surface area (Å²) in [4.78, 5) is 11.1. The highest BCUT2D eigenvalue weighted by Crippen LogP contribution is 2.39. The number of aromatic nitrogens is 1. The molecule has 0 amide bonds. The summed E-state index contributed by atoms with van der Waals surface area (Å²) in [5.41, 5.74) is 4.13. The van der Waals surface area contributed by atoms with E-state index < -0.39 is 5.92 Å². The molecule has 3 aromatic rings. The zero-order valence-corrected chi connectivity index (χ0v) is 15.0. The van der Waals surface area contributed by atoms with Crippen LogP contribution in [0.15, 0.2) is 48.5 Å². The average Bonchev–Trinajstić information content (AvgIpc) is 2.97. The molecule has 1 heterocycles. The Hall–Kier alpha value is -2.53. The third-order valence-corrected chi connectivity index (χ3v) is 5.18. The number of fused-ring (bicyclic) bond motifs is 3. The van der Waals surface area contributed by atoms with Crippen LogP contribution in [0.1, 0.15) is 33.6 Å². The third-order valence-electron chi connectivity index (χ3n) is 5.18. The summed E-state index contributed by atoms with van der Waals surface area (Å²) in [6, 6.07) is 15.2. The standard InChI is InChI=1S/C22H21F2NO2/c23-22(24)9-8-21-19(13-22)18-12-17(14-26)6-7-20(18)25(21)10-11-27-15-16-4-2-1-3-5-16/h1-7,12,14H,8-11,13,15H2. The van der Waals surface area contributed by atoms with Crippen molar-refractivity contribution < 1.29 is 18.3 Å². The van der Waals surface area contributed by atoms with Crippen molar-refractivity contribution >= 4 is 17.2 Å². The topological polar surface area (TPSA) is 31.2 Å². The minimum Gasteiger partial charge on any atom is -0.375 e. The maximum Gasteiger partial charge on any atom is 0.252 e. The number of nitrogens with zero attached hydrogens (tertiary/aromatic N) is 1. The van der Waals surface area contributed by atoms with Gasteiger partial charge in [0.25, 0.3) is 5.92 Å². The molecule has 4 rings (SSSR count). The van der Waals surface area contributed by atoms with Crippen LogP contribution in [-0.4, -0.2) is 23.4 Å². The van der Waals surface area contributed by atoms with Crippen LogP contribution in [0.3, 0.4) is 0 Å². The van der Waals surface area contributed by atoms with Crippen molar-refractivity contribution in [2.75, 3.05) is 6.61 Å². The highest BCUT2D eigenvalue weighted by Gasteiger charge is 2.37. The lowest BCUT2D eigenvalue weighted by Gasteiger charge is -2.23. The minimum absolute atomic E-state index is 0.137. The monoisotopic (exact) mass is 369 g/mol. The molecule has 140 valence electrons. The lowest BCUT2D eigenvalue weighted by molar-refractivity contribution is -0.0126. The number of carbonyl (C=O) groups is 1. The second-order valence-electron chi connectivity index (χ2n) is 7.04. The summed E-state index contributed by atoms with van der Waals surface area (Å²) in [5, 5.41) is 0.761. The normalized spacial score (nSPS) is 15.6. The van der Waals surface area contributed by atoms with Gasteiger partial charge in [-0.15, -0.1) is 0 Å². The lowest BCUT2D eigenvalue weighted by Crippen LogP contribution is -2.26. The van der Waals surface area contributed by atoms with Crippen LogP contribution in [0.5, 0.6) is 0 Å². The number of carbonyl (C=O) groups excluding carboxylic acids is 1. The molecule has 1 aliphatic rings. The fourth-order valence-corrected chi connectivity index (χ4v) is 3.87. The van der Waals surface area contributed by atoms with Crippen LogP contribution in [0.2, 0.25) is 0 Å². The van der Waals surface area contributed by atoms with Gasteiger partial charge in [0.05, 0.1) is 13.2 Å². The predicted octanol–water partition coefficient (Wildman–Crippen LogP) is 4.79. The molecule has 0 aliphatic heterocycles. The van der Waals surface area contributed by atoms with Crippen molar-refractivity contribution in [3.8, 4) is 0 Å². The number of hydrogen-bond acceptors (Lipinski definition) is 2. The second-order valence-corrected chi connectivity index (χ2v) is 7.04. The molecule has 3 nitrogen and oxygen atoms in total. The maximum absolute atomic E-state index is 14.0. The molecule has 1 aromatic heterocycles. The molecule has 0 bridgehead atoms. The average molecular weight is 369 g/mol. The lowest BCUT2D eigenvalue weighted by atomic mass is 9.92. The molecule has 2 aromatic carbocycles. The van der Waals surface area contributed by atoms with Gasteiger partial charge in [-0.1, -0.05) is 30.3 Å². The molecule has 0 saturated carbocycles. The first kappa shape index (κ1) is 17.9. The number of benzene rings is 2. The van der Waals surface area contributed by atoms with Crippen molar-refractivity contribution in [1.29, 1.82) is 0 Å². The number of ether oxygens (including phenoxy) is 1. The van der Waals surface area contributed by atoms with Crippen LogP contribution >= 0.6 is 0 Å². The Morgan fingerprint density at radius 1 is 1.15 bits per heavy atom. The predicted molar refractivity (Wildman–Crippen MR) is 100 cm³/mol. The van der Waals surface area contributed by atoms with Crippen molar-refractivity contribution in [2.45, 2.75) is 38.3 Å². The van der Waals surface area contributed by atoms with Crippen molar-refractivity contribution in [1.82, 2.24) is 4.57 Å². The second kappa shape index (κ2) is 7.24. The quantitative estimate of drug-likeness (QED) is 0.462. The van der Waals surface area contributed by atoms with Crippen LogP contribution in [0.4, 0.5) is 8.78 Å². The van der Waals surface area contributed by atoms with Gasteiger partial charge in [-0.05, 0) is 35.7 Å². The smallest absolute Gasteiger partial charge is 0.252 e. The molecular weight excluding hydrogens is 348 g/mol. The van der Waals surface area contributed by atoms with Crippen molar-refractivity contribution in [3.63, 3.8) is 0 Å². The van der Waals surface area contributed by atoms with Gasteiger partial charge in [0.15, 0.2) is 0 Å². The highest BCUT2D eigenvalue weighted by molar-refractivity contribution is 5.91. The van der Waals surface area contributed by atoms with Gasteiger partial charge in [0.1, 0.15) is 6.29 Å². The fourth-order valence-electron chi connectivity index (χ4n) is 3.87. The number of halogens is 2. The Morgan fingerprint density at radius 3 is 2.74 bits per heavy atom. The molecule has 27 heavy (non-hydrogen) atoms. The molecule has 0 fully saturated rings. The van der Waals surface area contributed by atoms with Gasteiger partial charge in [-0.25, -0.2) is 8.78 Å². The Balaban J connectivity index is 1.59. The van der Waals surface area contributed by atoms with Gasteiger partial charge >= 0.3 is 0 Å². The molecule has 0 unspecified atom stereocenters. The number of rotatable bonds is 6. The van der Waals surface area contributed by atoms with Crippen LogP contribution in [-0.2, 0) is 30.7 Å². The SMILES string of the molecule is O=Cc1ccc2c(c1)c1c(n2CCOCc2ccccc2)CCC(F)(F)C1. The van der Waals surface area contributed by atoms with E-state index in [1.807, 2.05) is 36.4 Å². The summed E-state index contributed by atoms with van der Waals surface area (Å²) in [6.07, 6.45) is 0.694. The van der Waals surface area contributed by atoms with E-state index in [0.717, 1.165) is 28.4 Å². The molecule has 0 N–H and O–H groups in total. The first-order chi connectivity index (χ1) is 13.1. The molecule has 0 saturated heterocycles. The first-order valence-electron chi connectivity index (χ1n) is 9.16. The number of alkyl halides is 2. The third kappa shape index (κ3) is 3.65. The van der Waals surface area contributed by atoms with E-state index in [4.69, 9.17) is 4.74 Å². The molecule has 0 spiro atoms. The first-order valence-corrected chi connectivity index (χ1v) is 9.16. The van der Waals surface area contributed by atoms with Crippen LogP contribution in [0.25, 0.3) is 10.9 Å². The van der Waals surface area contributed by atoms with Crippen LogP contribution in [0, 0.1) is 0 Å². The van der Waals surface area contributed by atoms with Crippen LogP contribution < -0.4 is 0 Å². The zero-order valence-electron chi connectivity index (χ0n) is 15.0. The van der Waals surface area contributed by atoms with Crippen molar-refractivity contribution in [2.24, 2.45) is 0 Å². The van der Waals surface area contributed by atoms with Gasteiger partial charge < -0.3 is 9.30 Å². The Labute approximate surface area is 156 Å². The van der Waals surface area contributed by atoms with Gasteiger partial charge in [0, 0.05) is 41.5 Å². The molecular formula is C22H21F2NO2. The van der Waals surface area contributed by atoms with E-state index in [-0.39, 0.29) is 12.8 Å². The van der Waals surface area contributed by atoms with Gasteiger partial charge in [-0.3, -0.25) is 4.79 Å². The molecule has 5 heteroatoms. The van der Waals surface area contributed by atoms with E-state index in [0.29, 0.717) is 37.3 Å². The van der Waals surface area contributed by atoms with E-state index in [2.05, 4.69) is 4.57 Å². The van der Waals surface area contributed by atoms with E-state index in [1.165, 1.54) is 0 Å². The number of aldehydes is 1. The summed E-state index contributed by atoms with van der Waals surface area (Å²) < 4.78 is 35.9. The highest BCUT2D eigenvalue weighted by atomic mass is 19.3. The Morgan fingerprint density at radius 2 is 1.96 bits per heavy atom. The summed E-state index contributed by atoms with van der Waals surface area (Å²) in [7, 11) is 0. The summed E-state index contributed by atoms with van der Waals surface area (Å²) in [6.45, 7) is 1.62. The molecule has 1 aliphatic carbocycles. The molecule has 0 atom stereocenters. The largest absolute Gasteiger partial charge is 0.375 e. The Bertz CT molecular complexity index is 963. The van der Waals surface area contributed by atoms with Gasteiger partial charge in [-0.2, -0.15) is 0 Å². The van der Waals surface area contributed by atoms with Crippen molar-refractivity contribution in [3.05, 3.63) is 70.9 Å². The van der Waals surface area contributed by atoms with E-state index >= 15 is 0 Å². The van der Waals surface area contributed by atoms with E-state index in [9.17, 15) is 13.6 Å².